The van der Waals surface area contributed by atoms with Crippen LogP contribution in [0.1, 0.15) is 35.7 Å². The summed E-state index contributed by atoms with van der Waals surface area (Å²) >= 11 is 0. The molecule has 2 N–H and O–H groups in total. The highest BCUT2D eigenvalue weighted by Crippen LogP contribution is 2.31. The van der Waals surface area contributed by atoms with Crippen LogP contribution in [0.4, 0.5) is 4.39 Å². The van der Waals surface area contributed by atoms with E-state index in [9.17, 15) is 9.18 Å². The van der Waals surface area contributed by atoms with Gasteiger partial charge in [-0.15, -0.1) is 0 Å². The van der Waals surface area contributed by atoms with Crippen molar-refractivity contribution < 1.29 is 9.18 Å². The van der Waals surface area contributed by atoms with Crippen LogP contribution in [-0.2, 0) is 30.5 Å². The van der Waals surface area contributed by atoms with Crippen molar-refractivity contribution in [3.8, 4) is 0 Å². The Labute approximate surface area is 152 Å². The summed E-state index contributed by atoms with van der Waals surface area (Å²) in [6.45, 7) is 2.17. The van der Waals surface area contributed by atoms with Crippen molar-refractivity contribution >= 4 is 16.8 Å². The monoisotopic (exact) mass is 350 g/mol. The third kappa shape index (κ3) is 3.12. The Kier molecular flexibility index (Phi) is 4.49. The fourth-order valence-corrected chi connectivity index (χ4v) is 4.01. The number of hydrogen-bond donors (Lipinski definition) is 2. The fraction of sp³-hybridized carbons (Fsp3) is 0.318. The second-order valence-corrected chi connectivity index (χ2v) is 7.05. The van der Waals surface area contributed by atoms with Gasteiger partial charge in [-0.2, -0.15) is 0 Å². The molecule has 1 aliphatic carbocycles. The molecule has 26 heavy (non-hydrogen) atoms. The highest BCUT2D eigenvalue weighted by Gasteiger charge is 2.24. The van der Waals surface area contributed by atoms with Crippen LogP contribution in [0.2, 0.25) is 0 Å². The second-order valence-electron chi connectivity index (χ2n) is 7.05. The molecule has 3 aromatic rings. The Morgan fingerprint density at radius 2 is 2.00 bits per heavy atom. The van der Waals surface area contributed by atoms with E-state index >= 15 is 0 Å². The van der Waals surface area contributed by atoms with Crippen LogP contribution in [0.15, 0.2) is 42.5 Å². The van der Waals surface area contributed by atoms with Gasteiger partial charge in [-0.25, -0.2) is 4.39 Å². The van der Waals surface area contributed by atoms with Crippen molar-refractivity contribution in [3.05, 3.63) is 70.7 Å². The molecule has 0 spiro atoms. The van der Waals surface area contributed by atoms with Crippen molar-refractivity contribution in [2.45, 2.75) is 45.1 Å². The van der Waals surface area contributed by atoms with Crippen LogP contribution in [0.5, 0.6) is 0 Å². The molecule has 0 radical (unpaired) electrons. The summed E-state index contributed by atoms with van der Waals surface area (Å²) in [7, 11) is 0. The van der Waals surface area contributed by atoms with Crippen LogP contribution >= 0.6 is 0 Å². The first kappa shape index (κ1) is 16.8. The van der Waals surface area contributed by atoms with Crippen LogP contribution in [-0.4, -0.2) is 16.9 Å². The summed E-state index contributed by atoms with van der Waals surface area (Å²) in [4.78, 5) is 16.0. The molecule has 4 heteroatoms. The molecule has 2 aromatic carbocycles. The number of amides is 1. The number of fused-ring (bicyclic) bond motifs is 3. The van der Waals surface area contributed by atoms with Crippen LogP contribution in [0.25, 0.3) is 10.9 Å². The van der Waals surface area contributed by atoms with Crippen molar-refractivity contribution in [1.82, 2.24) is 10.3 Å². The topological polar surface area (TPSA) is 44.9 Å². The normalized spacial score (nSPS) is 16.5. The number of benzene rings is 2. The first-order valence-electron chi connectivity index (χ1n) is 9.29. The lowest BCUT2D eigenvalue weighted by Crippen LogP contribution is -2.39. The fourth-order valence-electron chi connectivity index (χ4n) is 4.01. The lowest BCUT2D eigenvalue weighted by Gasteiger charge is -2.23. The van der Waals surface area contributed by atoms with E-state index in [2.05, 4.69) is 35.4 Å². The van der Waals surface area contributed by atoms with E-state index < -0.39 is 0 Å². The minimum absolute atomic E-state index is 0.0872. The number of nitrogens with one attached hydrogen (secondary N) is 2. The van der Waals surface area contributed by atoms with Gasteiger partial charge in [0, 0.05) is 22.6 Å². The van der Waals surface area contributed by atoms with Crippen LogP contribution < -0.4 is 5.32 Å². The average molecular weight is 350 g/mol. The quantitative estimate of drug-likeness (QED) is 0.731. The smallest absolute Gasteiger partial charge is 0.224 e. The van der Waals surface area contributed by atoms with E-state index in [-0.39, 0.29) is 24.2 Å². The number of carbonyl (C=O) groups excluding carboxylic acids is 1. The maximum atomic E-state index is 13.7. The standard InChI is InChI=1S/C22H23FN2O/c1-2-14-7-5-8-17-18-13-16(10-11-20(18)25-22(14)17)24-21(26)12-15-6-3-4-9-19(15)23/h3-9,16,25H,2,10-13H2,1H3,(H,24,26). The van der Waals surface area contributed by atoms with Crippen molar-refractivity contribution in [2.75, 3.05) is 0 Å². The Morgan fingerprint density at radius 3 is 2.81 bits per heavy atom. The number of aromatic nitrogens is 1. The van der Waals surface area contributed by atoms with Crippen molar-refractivity contribution in [2.24, 2.45) is 0 Å². The minimum Gasteiger partial charge on any atom is -0.358 e. The van der Waals surface area contributed by atoms with Crippen molar-refractivity contribution in [1.29, 1.82) is 0 Å². The SMILES string of the molecule is CCc1cccc2c3c([nH]c12)CCC(NC(=O)Cc1ccccc1F)C3. The van der Waals surface area contributed by atoms with E-state index in [1.807, 2.05) is 0 Å². The molecule has 1 aromatic heterocycles. The molecule has 1 aliphatic rings. The van der Waals surface area contributed by atoms with Gasteiger partial charge >= 0.3 is 0 Å². The molecule has 0 aliphatic heterocycles. The Hall–Kier alpha value is -2.62. The molecule has 1 atom stereocenters. The molecule has 1 amide bonds. The molecule has 0 saturated heterocycles. The first-order valence-corrected chi connectivity index (χ1v) is 9.29. The first-order chi connectivity index (χ1) is 12.7. The number of halogens is 1. The molecule has 3 nitrogen and oxygen atoms in total. The largest absolute Gasteiger partial charge is 0.358 e. The maximum absolute atomic E-state index is 13.7. The third-order valence-corrected chi connectivity index (χ3v) is 5.36. The molecule has 1 unspecified atom stereocenters. The van der Waals surface area contributed by atoms with Gasteiger partial charge in [0.15, 0.2) is 0 Å². The Morgan fingerprint density at radius 1 is 1.19 bits per heavy atom. The van der Waals surface area contributed by atoms with E-state index in [4.69, 9.17) is 0 Å². The van der Waals surface area contributed by atoms with Gasteiger partial charge in [0.05, 0.1) is 6.42 Å². The minimum atomic E-state index is -0.322. The van der Waals surface area contributed by atoms with E-state index in [1.165, 1.54) is 33.8 Å². The lowest BCUT2D eigenvalue weighted by molar-refractivity contribution is -0.121. The zero-order chi connectivity index (χ0) is 18.1. The van der Waals surface area contributed by atoms with E-state index in [0.29, 0.717) is 5.56 Å². The average Bonchev–Trinajstić information content (AvgIpc) is 3.02. The molecule has 134 valence electrons. The van der Waals surface area contributed by atoms with Crippen molar-refractivity contribution in [3.63, 3.8) is 0 Å². The van der Waals surface area contributed by atoms with E-state index in [1.54, 1.807) is 18.2 Å². The molecule has 4 rings (SSSR count). The van der Waals surface area contributed by atoms with Gasteiger partial charge in [0.1, 0.15) is 5.82 Å². The number of rotatable bonds is 4. The van der Waals surface area contributed by atoms with Gasteiger partial charge in [0.25, 0.3) is 0 Å². The number of para-hydroxylation sites is 1. The van der Waals surface area contributed by atoms with Gasteiger partial charge in [-0.05, 0) is 48.4 Å². The zero-order valence-electron chi connectivity index (χ0n) is 14.9. The predicted octanol–water partition coefficient (Wildman–Crippen LogP) is 4.09. The highest BCUT2D eigenvalue weighted by molar-refractivity contribution is 5.88. The molecule has 0 bridgehead atoms. The molecule has 1 heterocycles. The Balaban J connectivity index is 1.50. The lowest BCUT2D eigenvalue weighted by atomic mass is 9.91. The summed E-state index contributed by atoms with van der Waals surface area (Å²) in [6, 6.07) is 13.0. The highest BCUT2D eigenvalue weighted by atomic mass is 19.1. The summed E-state index contributed by atoms with van der Waals surface area (Å²) in [5.74, 6) is -0.435. The number of aryl methyl sites for hydroxylation is 2. The van der Waals surface area contributed by atoms with Crippen LogP contribution in [0.3, 0.4) is 0 Å². The summed E-state index contributed by atoms with van der Waals surface area (Å²) < 4.78 is 13.7. The number of aromatic amines is 1. The summed E-state index contributed by atoms with van der Waals surface area (Å²) in [5.41, 5.74) is 5.62. The van der Waals surface area contributed by atoms with E-state index in [0.717, 1.165) is 25.7 Å². The van der Waals surface area contributed by atoms with Crippen LogP contribution in [0, 0.1) is 5.82 Å². The van der Waals surface area contributed by atoms with Gasteiger partial charge in [-0.1, -0.05) is 43.3 Å². The second kappa shape index (κ2) is 6.94. The zero-order valence-corrected chi connectivity index (χ0v) is 14.9. The number of H-pyrrole nitrogens is 1. The third-order valence-electron chi connectivity index (χ3n) is 5.36. The van der Waals surface area contributed by atoms with Gasteiger partial charge in [-0.3, -0.25) is 4.79 Å². The molecular formula is C22H23FN2O. The maximum Gasteiger partial charge on any atom is 0.224 e. The van der Waals surface area contributed by atoms with Gasteiger partial charge in [0.2, 0.25) is 5.91 Å². The predicted molar refractivity (Wildman–Crippen MR) is 102 cm³/mol. The number of carbonyl (C=O) groups is 1. The Bertz CT molecular complexity index is 960. The van der Waals surface area contributed by atoms with Gasteiger partial charge < -0.3 is 10.3 Å². The summed E-state index contributed by atoms with van der Waals surface area (Å²) in [6.07, 6.45) is 3.75. The molecular weight excluding hydrogens is 327 g/mol. The summed E-state index contributed by atoms with van der Waals surface area (Å²) in [5, 5.41) is 4.37. The molecule has 0 saturated carbocycles. The number of hydrogen-bond acceptors (Lipinski definition) is 1. The molecule has 0 fully saturated rings.